The van der Waals surface area contributed by atoms with Crippen molar-refractivity contribution >= 4 is 42.2 Å². The zero-order chi connectivity index (χ0) is 9.28. The van der Waals surface area contributed by atoms with Gasteiger partial charge < -0.3 is 0 Å². The summed E-state index contributed by atoms with van der Waals surface area (Å²) >= 11 is 16.5. The van der Waals surface area contributed by atoms with Crippen molar-refractivity contribution in [1.29, 1.82) is 0 Å². The molecule has 0 aromatic heterocycles. The van der Waals surface area contributed by atoms with Crippen LogP contribution in [0.15, 0.2) is 0 Å². The van der Waals surface area contributed by atoms with E-state index in [0.717, 1.165) is 0 Å². The number of nitrogens with zero attached hydrogens (tertiary/aromatic N) is 1. The fourth-order valence-corrected chi connectivity index (χ4v) is 3.78. The molecule has 0 amide bonds. The van der Waals surface area contributed by atoms with Crippen molar-refractivity contribution < 1.29 is 4.57 Å². The third-order valence-electron chi connectivity index (χ3n) is 1.21. The lowest BCUT2D eigenvalue weighted by molar-refractivity contribution is 0.505. The van der Waals surface area contributed by atoms with Crippen LogP contribution in [-0.2, 0) is 4.57 Å². The molecule has 0 aromatic carbocycles. The summed E-state index contributed by atoms with van der Waals surface area (Å²) in [5.41, 5.74) is 0. The van der Waals surface area contributed by atoms with Crippen LogP contribution in [0.25, 0.3) is 0 Å². The molecular formula is C4H10Cl3N2OP. The van der Waals surface area contributed by atoms with E-state index in [1.54, 1.807) is 14.1 Å². The molecule has 11 heavy (non-hydrogen) atoms. The molecule has 0 aliphatic rings. The molecule has 0 fully saturated rings. The summed E-state index contributed by atoms with van der Waals surface area (Å²) in [6.45, 7) is 0. The van der Waals surface area contributed by atoms with Gasteiger partial charge >= 0.3 is 0 Å². The van der Waals surface area contributed by atoms with Crippen LogP contribution in [0.2, 0.25) is 0 Å². The van der Waals surface area contributed by atoms with Crippen LogP contribution in [0.1, 0.15) is 0 Å². The highest BCUT2D eigenvalue weighted by Gasteiger charge is 2.45. The van der Waals surface area contributed by atoms with E-state index in [2.05, 4.69) is 5.09 Å². The fourth-order valence-electron chi connectivity index (χ4n) is 0.554. The molecule has 1 N–H and O–H groups in total. The van der Waals surface area contributed by atoms with Gasteiger partial charge in [-0.15, -0.1) is 0 Å². The van der Waals surface area contributed by atoms with Gasteiger partial charge in [0.2, 0.25) is 0 Å². The Labute approximate surface area is 81.5 Å². The molecule has 0 saturated heterocycles. The Morgan fingerprint density at radius 3 is 1.73 bits per heavy atom. The van der Waals surface area contributed by atoms with Crippen molar-refractivity contribution in [3.63, 3.8) is 0 Å². The molecule has 1 atom stereocenters. The molecule has 68 valence electrons. The number of rotatable bonds is 2. The molecule has 0 radical (unpaired) electrons. The zero-order valence-corrected chi connectivity index (χ0v) is 9.60. The van der Waals surface area contributed by atoms with E-state index in [9.17, 15) is 4.57 Å². The molecule has 0 saturated carbocycles. The summed E-state index contributed by atoms with van der Waals surface area (Å²) in [4.78, 5) is 0. The maximum absolute atomic E-state index is 11.7. The molecular weight excluding hydrogens is 229 g/mol. The predicted octanol–water partition coefficient (Wildman–Crippen LogP) is 2.29. The zero-order valence-electron chi connectivity index (χ0n) is 6.44. The van der Waals surface area contributed by atoms with E-state index < -0.39 is 11.0 Å². The molecule has 0 aliphatic heterocycles. The van der Waals surface area contributed by atoms with Gasteiger partial charge in [-0.2, -0.15) is 0 Å². The van der Waals surface area contributed by atoms with Crippen LogP contribution in [0.3, 0.4) is 0 Å². The molecule has 0 aromatic rings. The summed E-state index contributed by atoms with van der Waals surface area (Å²) in [5, 5.41) is 2.50. The molecule has 0 spiro atoms. The van der Waals surface area contributed by atoms with E-state index in [-0.39, 0.29) is 0 Å². The van der Waals surface area contributed by atoms with Crippen LogP contribution >= 0.6 is 42.2 Å². The summed E-state index contributed by atoms with van der Waals surface area (Å²) in [5.74, 6) is 0. The third-order valence-corrected chi connectivity index (χ3v) is 5.69. The fraction of sp³-hybridized carbons (Fsp3) is 1.00. The van der Waals surface area contributed by atoms with Gasteiger partial charge in [0.1, 0.15) is 0 Å². The smallest absolute Gasteiger partial charge is 0.269 e. The van der Waals surface area contributed by atoms with Crippen molar-refractivity contribution in [2.75, 3.05) is 21.1 Å². The minimum absolute atomic E-state index is 1.38. The summed E-state index contributed by atoms with van der Waals surface area (Å²) < 4.78 is 11.3. The largest absolute Gasteiger partial charge is 0.284 e. The predicted molar refractivity (Wildman–Crippen MR) is 50.6 cm³/mol. The second kappa shape index (κ2) is 3.82. The highest BCUT2D eigenvalue weighted by Crippen LogP contribution is 2.62. The highest BCUT2D eigenvalue weighted by molar-refractivity contribution is 7.67. The highest BCUT2D eigenvalue weighted by atomic mass is 35.6. The maximum atomic E-state index is 11.7. The normalized spacial score (nSPS) is 18.5. The Kier molecular flexibility index (Phi) is 4.17. The van der Waals surface area contributed by atoms with Crippen LogP contribution in [-0.4, -0.2) is 29.3 Å². The molecule has 7 heteroatoms. The van der Waals surface area contributed by atoms with Crippen molar-refractivity contribution in [3.8, 4) is 0 Å². The quantitative estimate of drug-likeness (QED) is 0.593. The minimum Gasteiger partial charge on any atom is -0.284 e. The summed E-state index contributed by atoms with van der Waals surface area (Å²) in [6, 6.07) is 0. The van der Waals surface area contributed by atoms with Crippen molar-refractivity contribution in [2.24, 2.45) is 0 Å². The summed E-state index contributed by atoms with van der Waals surface area (Å²) in [6.07, 6.45) is 0. The first-order valence-electron chi connectivity index (χ1n) is 2.79. The van der Waals surface area contributed by atoms with E-state index in [0.29, 0.717) is 0 Å². The van der Waals surface area contributed by atoms with E-state index in [4.69, 9.17) is 34.8 Å². The number of hydrogen-bond donors (Lipinski definition) is 1. The third kappa shape index (κ3) is 2.48. The second-order valence-electron chi connectivity index (χ2n) is 2.11. The van der Waals surface area contributed by atoms with Crippen LogP contribution in [0.4, 0.5) is 0 Å². The maximum Gasteiger partial charge on any atom is 0.269 e. The van der Waals surface area contributed by atoms with Gasteiger partial charge in [-0.05, 0) is 21.1 Å². The van der Waals surface area contributed by atoms with Crippen LogP contribution in [0, 0.1) is 0 Å². The average Bonchev–Trinajstić information content (AvgIpc) is 1.83. The topological polar surface area (TPSA) is 32.3 Å². The number of nitrogens with one attached hydrogen (secondary N) is 1. The van der Waals surface area contributed by atoms with Crippen molar-refractivity contribution in [1.82, 2.24) is 9.76 Å². The molecule has 0 unspecified atom stereocenters. The number of hydrogen-bond acceptors (Lipinski definition) is 1. The van der Waals surface area contributed by atoms with Crippen molar-refractivity contribution in [2.45, 2.75) is 3.53 Å². The Bertz CT molecular complexity index is 179. The summed E-state index contributed by atoms with van der Waals surface area (Å²) in [7, 11) is 1.58. The van der Waals surface area contributed by atoms with E-state index in [1.807, 2.05) is 0 Å². The second-order valence-corrected chi connectivity index (χ2v) is 8.26. The molecule has 0 bridgehead atoms. The Morgan fingerprint density at radius 1 is 1.36 bits per heavy atom. The Morgan fingerprint density at radius 2 is 1.73 bits per heavy atom. The Balaban J connectivity index is 4.77. The van der Waals surface area contributed by atoms with E-state index in [1.165, 1.54) is 11.7 Å². The van der Waals surface area contributed by atoms with Crippen molar-refractivity contribution in [3.05, 3.63) is 0 Å². The lowest BCUT2D eigenvalue weighted by atomic mass is 11.3. The average molecular weight is 239 g/mol. The monoisotopic (exact) mass is 238 g/mol. The lowest BCUT2D eigenvalue weighted by Crippen LogP contribution is -2.27. The first-order chi connectivity index (χ1) is 4.75. The van der Waals surface area contributed by atoms with E-state index >= 15 is 0 Å². The first-order valence-corrected chi connectivity index (χ1v) is 5.58. The van der Waals surface area contributed by atoms with Gasteiger partial charge in [-0.1, -0.05) is 34.8 Å². The molecule has 3 nitrogen and oxygen atoms in total. The van der Waals surface area contributed by atoms with Gasteiger partial charge in [0.15, 0.2) is 0 Å². The van der Waals surface area contributed by atoms with Gasteiger partial charge in [0.25, 0.3) is 11.0 Å². The van der Waals surface area contributed by atoms with Gasteiger partial charge in [-0.3, -0.25) is 9.65 Å². The number of halogens is 3. The van der Waals surface area contributed by atoms with Crippen LogP contribution < -0.4 is 5.09 Å². The number of alkyl halides is 3. The molecule has 0 heterocycles. The lowest BCUT2D eigenvalue weighted by Gasteiger charge is -2.29. The van der Waals surface area contributed by atoms with Gasteiger partial charge in [0.05, 0.1) is 0 Å². The molecule has 0 aliphatic carbocycles. The molecule has 0 rings (SSSR count). The van der Waals surface area contributed by atoms with Gasteiger partial charge in [0, 0.05) is 0 Å². The van der Waals surface area contributed by atoms with Crippen LogP contribution in [0.5, 0.6) is 0 Å². The SMILES string of the molecule is CN[P@](=O)(N(C)C)C(Cl)(Cl)Cl. The minimum atomic E-state index is -3.08. The van der Waals surface area contributed by atoms with Gasteiger partial charge in [-0.25, -0.2) is 4.67 Å². The standard InChI is InChI=1S/C4H10Cl3N2OP/c1-8-11(10,9(2)3)4(5,6)7/h1-3H3,(H,8,10)/t11-/m0/s1. The Hall–Kier alpha value is 1.02. The first kappa shape index (κ1) is 12.0.